The minimum atomic E-state index is -1.02. The highest BCUT2D eigenvalue weighted by Crippen LogP contribution is 2.38. The van der Waals surface area contributed by atoms with Crippen molar-refractivity contribution in [1.82, 2.24) is 0 Å². The van der Waals surface area contributed by atoms with Gasteiger partial charge in [-0.15, -0.1) is 0 Å². The van der Waals surface area contributed by atoms with Gasteiger partial charge in [-0.05, 0) is 81.8 Å². The van der Waals surface area contributed by atoms with Crippen LogP contribution in [0.1, 0.15) is 98.3 Å². The molecule has 10 heteroatoms. The van der Waals surface area contributed by atoms with E-state index in [0.29, 0.717) is 38.0 Å². The highest BCUT2D eigenvalue weighted by molar-refractivity contribution is 5.82. The van der Waals surface area contributed by atoms with E-state index in [2.05, 4.69) is 51.2 Å². The van der Waals surface area contributed by atoms with Gasteiger partial charge in [0.1, 0.15) is 24.4 Å². The summed E-state index contributed by atoms with van der Waals surface area (Å²) in [7, 11) is 0. The SMILES string of the molecule is C/C(=C\[C@H](C)CCCCC(=O)O)C1OC2C=CC1OC(=O)\C=C/C=C\C=C\[C@H]1OC3C[C@@H]1O[C@@H](/C=C/C[C@H]1O[C@H](CC[C@H]1C)[C@@H](O)[C@@H](O)/C=C/CC/C=C/C2)C3C. The summed E-state index contributed by atoms with van der Waals surface area (Å²) in [5, 5.41) is 30.8. The first-order chi connectivity index (χ1) is 27.5. The first kappa shape index (κ1) is 44.7. The monoisotopic (exact) mass is 790 g/mol. The fourth-order valence-corrected chi connectivity index (χ4v) is 8.37. The average Bonchev–Trinajstić information content (AvgIpc) is 3.53. The summed E-state index contributed by atoms with van der Waals surface area (Å²) in [4.78, 5) is 23.9. The Morgan fingerprint density at radius 1 is 0.789 bits per heavy atom. The average molecular weight is 791 g/mol. The molecular formula is C47H66O10. The number of fused-ring (bicyclic) bond motifs is 13. The summed E-state index contributed by atoms with van der Waals surface area (Å²) in [6.07, 6.45) is 32.4. The number of carboxylic acid groups (broad SMARTS) is 1. The molecule has 0 saturated carbocycles. The molecule has 0 amide bonds. The number of unbranched alkanes of at least 4 members (excludes halogenated alkanes) is 1. The van der Waals surface area contributed by atoms with Crippen LogP contribution < -0.4 is 0 Å². The number of aliphatic hydroxyl groups is 2. The van der Waals surface area contributed by atoms with E-state index in [-0.39, 0.29) is 54.9 Å². The quantitative estimate of drug-likeness (QED) is 0.133. The normalized spacial score (nSPS) is 40.9. The van der Waals surface area contributed by atoms with E-state index in [1.54, 1.807) is 18.2 Å². The molecule has 0 aromatic carbocycles. The van der Waals surface area contributed by atoms with Crippen LogP contribution in [0.15, 0.2) is 96.7 Å². The fraction of sp³-hybridized carbons (Fsp3) is 0.617. The Labute approximate surface area is 339 Å². The molecule has 3 saturated heterocycles. The Hall–Kier alpha value is -3.38. The molecule has 0 spiro atoms. The van der Waals surface area contributed by atoms with Crippen molar-refractivity contribution in [2.45, 2.75) is 165 Å². The van der Waals surface area contributed by atoms with E-state index in [0.717, 1.165) is 37.7 Å². The van der Waals surface area contributed by atoms with Gasteiger partial charge >= 0.3 is 11.9 Å². The Morgan fingerprint density at radius 3 is 2.40 bits per heavy atom. The number of ether oxygens (including phenoxy) is 5. The van der Waals surface area contributed by atoms with Crippen LogP contribution in [0.3, 0.4) is 0 Å². The van der Waals surface area contributed by atoms with E-state index in [1.807, 2.05) is 43.4 Å². The van der Waals surface area contributed by atoms with E-state index >= 15 is 0 Å². The topological polar surface area (TPSA) is 141 Å². The van der Waals surface area contributed by atoms with Crippen LogP contribution in [0.25, 0.3) is 0 Å². The molecule has 314 valence electrons. The van der Waals surface area contributed by atoms with Crippen LogP contribution >= 0.6 is 0 Å². The molecule has 5 unspecified atom stereocenters. The van der Waals surface area contributed by atoms with Crippen molar-refractivity contribution in [3.63, 3.8) is 0 Å². The molecular weight excluding hydrogens is 725 g/mol. The summed E-state index contributed by atoms with van der Waals surface area (Å²) >= 11 is 0. The zero-order chi connectivity index (χ0) is 40.7. The van der Waals surface area contributed by atoms with Crippen LogP contribution in [-0.4, -0.2) is 94.4 Å². The Morgan fingerprint density at radius 2 is 1.58 bits per heavy atom. The van der Waals surface area contributed by atoms with Gasteiger partial charge in [-0.1, -0.05) is 106 Å². The fourth-order valence-electron chi connectivity index (χ4n) is 8.37. The summed E-state index contributed by atoms with van der Waals surface area (Å²) in [6.45, 7) is 8.44. The van der Waals surface area contributed by atoms with Crippen molar-refractivity contribution in [2.24, 2.45) is 17.8 Å². The molecule has 6 rings (SSSR count). The van der Waals surface area contributed by atoms with Gasteiger partial charge in [-0.2, -0.15) is 0 Å². The lowest BCUT2D eigenvalue weighted by molar-refractivity contribution is -0.148. The third-order valence-electron chi connectivity index (χ3n) is 11.8. The second kappa shape index (κ2) is 22.7. The molecule has 3 N–H and O–H groups in total. The molecule has 0 radical (unpaired) electrons. The maximum atomic E-state index is 13.0. The van der Waals surface area contributed by atoms with Crippen molar-refractivity contribution in [1.29, 1.82) is 0 Å². The smallest absolute Gasteiger partial charge is 0.331 e. The summed E-state index contributed by atoms with van der Waals surface area (Å²) in [5.74, 6) is -0.521. The van der Waals surface area contributed by atoms with Crippen molar-refractivity contribution in [3.05, 3.63) is 96.7 Å². The standard InChI is InChI=1S/C47H66O10/c1-31(17-14-15-23-44(49)50)29-33(3)47-41-28-26-35(53-47)18-10-6-5-7-11-19-36(48)46(52)40-27-25-32(2)37(54-40)21-16-22-38-34(4)42-30-43(55-38)39(56-42)20-12-8-9-13-24-45(51)57-41/h6,8-13,16,19-20,22,24,26,28-29,31-32,34-43,46-48,52H,5,7,14-15,17-18,21,23,25,27,30H2,1-4H3,(H,49,50)/b9-8-,10-6+,19-11+,20-12+,22-16+,24-13-,33-29+/t31-,32-,34?,35?,36+,37-,38+,39-,40-,41?,42?,43+,46+,47?/m1/s1. The zero-order valence-corrected chi connectivity index (χ0v) is 34.2. The molecule has 0 aromatic rings. The molecule has 6 aliphatic rings. The Bertz CT molecular complexity index is 1540. The van der Waals surface area contributed by atoms with Crippen LogP contribution in [0.5, 0.6) is 0 Å². The number of carbonyl (C=O) groups is 2. The number of hydrogen-bond donors (Lipinski definition) is 3. The molecule has 14 atom stereocenters. The predicted octanol–water partition coefficient (Wildman–Crippen LogP) is 7.83. The van der Waals surface area contributed by atoms with Crippen LogP contribution in [0.2, 0.25) is 0 Å². The van der Waals surface area contributed by atoms with E-state index in [4.69, 9.17) is 28.8 Å². The second-order valence-electron chi connectivity index (χ2n) is 16.5. The summed E-state index contributed by atoms with van der Waals surface area (Å²) in [5.41, 5.74) is 0.960. The number of aliphatic carboxylic acids is 1. The van der Waals surface area contributed by atoms with Crippen molar-refractivity contribution in [3.8, 4) is 0 Å². The Kier molecular flexibility index (Phi) is 17.8. The Balaban J connectivity index is 1.28. The van der Waals surface area contributed by atoms with Gasteiger partial charge in [-0.25, -0.2) is 4.79 Å². The largest absolute Gasteiger partial charge is 0.481 e. The van der Waals surface area contributed by atoms with Crippen molar-refractivity contribution < 1.29 is 48.6 Å². The van der Waals surface area contributed by atoms with Gasteiger partial charge in [0.05, 0.1) is 36.6 Å². The summed E-state index contributed by atoms with van der Waals surface area (Å²) < 4.78 is 31.7. The molecule has 3 fully saturated rings. The lowest BCUT2D eigenvalue weighted by Crippen LogP contribution is -2.44. The zero-order valence-electron chi connectivity index (χ0n) is 34.2. The van der Waals surface area contributed by atoms with Gasteiger partial charge < -0.3 is 39.0 Å². The van der Waals surface area contributed by atoms with Gasteiger partial charge in [0, 0.05) is 24.8 Å². The predicted molar refractivity (Wildman–Crippen MR) is 220 cm³/mol. The molecule has 6 heterocycles. The third kappa shape index (κ3) is 13.9. The first-order valence-electron chi connectivity index (χ1n) is 21.2. The van der Waals surface area contributed by atoms with Crippen molar-refractivity contribution >= 4 is 11.9 Å². The molecule has 7 bridgehead atoms. The molecule has 57 heavy (non-hydrogen) atoms. The molecule has 0 aliphatic carbocycles. The lowest BCUT2D eigenvalue weighted by Gasteiger charge is -2.37. The van der Waals surface area contributed by atoms with E-state index in [9.17, 15) is 19.8 Å². The molecule has 0 aromatic heterocycles. The van der Waals surface area contributed by atoms with Gasteiger partial charge in [0.2, 0.25) is 0 Å². The number of allylic oxidation sites excluding steroid dienone is 7. The van der Waals surface area contributed by atoms with E-state index < -0.39 is 42.5 Å². The number of carboxylic acids is 1. The maximum Gasteiger partial charge on any atom is 0.331 e. The van der Waals surface area contributed by atoms with Gasteiger partial charge in [0.25, 0.3) is 0 Å². The maximum absolute atomic E-state index is 13.0. The van der Waals surface area contributed by atoms with Gasteiger partial charge in [-0.3, -0.25) is 4.79 Å². The van der Waals surface area contributed by atoms with Crippen LogP contribution in [-0.2, 0) is 33.3 Å². The number of aliphatic hydroxyl groups excluding tert-OH is 2. The number of hydrogen-bond acceptors (Lipinski definition) is 9. The number of esters is 1. The minimum Gasteiger partial charge on any atom is -0.481 e. The number of rotatable bonds is 7. The molecule has 6 aliphatic heterocycles. The van der Waals surface area contributed by atoms with Crippen LogP contribution in [0.4, 0.5) is 0 Å². The number of carbonyl (C=O) groups excluding carboxylic acids is 1. The molecule has 10 nitrogen and oxygen atoms in total. The van der Waals surface area contributed by atoms with E-state index in [1.165, 1.54) is 6.08 Å². The van der Waals surface area contributed by atoms with Crippen molar-refractivity contribution in [2.75, 3.05) is 0 Å². The summed E-state index contributed by atoms with van der Waals surface area (Å²) in [6, 6.07) is 0. The minimum absolute atomic E-state index is 0.0499. The first-order valence-corrected chi connectivity index (χ1v) is 21.2. The second-order valence-corrected chi connectivity index (χ2v) is 16.5. The lowest BCUT2D eigenvalue weighted by atomic mass is 9.88. The third-order valence-corrected chi connectivity index (χ3v) is 11.8. The highest BCUT2D eigenvalue weighted by atomic mass is 16.6. The highest BCUT2D eigenvalue weighted by Gasteiger charge is 2.45. The van der Waals surface area contributed by atoms with Gasteiger partial charge in [0.15, 0.2) is 6.10 Å². The van der Waals surface area contributed by atoms with Crippen LogP contribution in [0, 0.1) is 17.8 Å².